The van der Waals surface area contributed by atoms with E-state index in [0.29, 0.717) is 4.99 Å². The number of carbonyl (C=O) groups is 1. The van der Waals surface area contributed by atoms with Gasteiger partial charge in [0.25, 0.3) is 0 Å². The Balaban J connectivity index is 2.47. The van der Waals surface area contributed by atoms with Crippen LogP contribution in [-0.4, -0.2) is 30.7 Å². The fraction of sp³-hybridized carbons (Fsp3) is 0.467. The number of hydrogen-bond donors (Lipinski definition) is 1. The fourth-order valence-corrected chi connectivity index (χ4v) is 2.98. The summed E-state index contributed by atoms with van der Waals surface area (Å²) in [6.45, 7) is 2.83. The summed E-state index contributed by atoms with van der Waals surface area (Å²) >= 11 is 5.15. The summed E-state index contributed by atoms with van der Waals surface area (Å²) in [4.78, 5) is 14.5. The molecule has 1 heterocycles. The highest BCUT2D eigenvalue weighted by atomic mass is 32.1. The molecular formula is C15H20N2O2S. The van der Waals surface area contributed by atoms with E-state index in [1.807, 2.05) is 25.1 Å². The first-order chi connectivity index (χ1) is 9.56. The van der Waals surface area contributed by atoms with Gasteiger partial charge in [0, 0.05) is 12.1 Å². The molecule has 0 saturated carbocycles. The first kappa shape index (κ1) is 14.8. The maximum absolute atomic E-state index is 12.0. The fourth-order valence-electron chi connectivity index (χ4n) is 2.82. The Morgan fingerprint density at radius 1 is 1.45 bits per heavy atom. The molecule has 2 N–H and O–H groups in total. The topological polar surface area (TPSA) is 55.6 Å². The number of benzene rings is 1. The normalized spacial score (nSPS) is 18.7. The number of thiocarbonyl (C=S) groups is 1. The molecule has 0 bridgehead atoms. The number of carbonyl (C=O) groups excluding carboxylic acids is 1. The van der Waals surface area contributed by atoms with E-state index in [1.54, 1.807) is 0 Å². The van der Waals surface area contributed by atoms with E-state index in [1.165, 1.54) is 7.11 Å². The van der Waals surface area contributed by atoms with Gasteiger partial charge in [-0.1, -0.05) is 24.4 Å². The van der Waals surface area contributed by atoms with Gasteiger partial charge in [-0.15, -0.1) is 0 Å². The quantitative estimate of drug-likeness (QED) is 0.683. The summed E-state index contributed by atoms with van der Waals surface area (Å²) in [7, 11) is 1.43. The number of piperidine rings is 1. The highest BCUT2D eigenvalue weighted by Crippen LogP contribution is 2.31. The van der Waals surface area contributed by atoms with Crippen molar-refractivity contribution in [1.82, 2.24) is 0 Å². The standard InChI is InChI=1S/C15H20N2O2S/c1-10-6-5-7-11(14(16)20)13(10)17-9-4-3-8-12(17)15(18)19-2/h5-7,12H,3-4,8-9H2,1-2H3,(H2,16,20). The third-order valence-electron chi connectivity index (χ3n) is 3.77. The molecule has 0 radical (unpaired) electrons. The maximum atomic E-state index is 12.0. The van der Waals surface area contributed by atoms with Gasteiger partial charge < -0.3 is 15.4 Å². The van der Waals surface area contributed by atoms with E-state index in [9.17, 15) is 4.79 Å². The van der Waals surface area contributed by atoms with Crippen LogP contribution in [0.1, 0.15) is 30.4 Å². The number of anilines is 1. The SMILES string of the molecule is COC(=O)C1CCCCN1c1c(C)cccc1C(N)=S. The summed E-state index contributed by atoms with van der Waals surface area (Å²) in [6.07, 6.45) is 2.89. The summed E-state index contributed by atoms with van der Waals surface area (Å²) < 4.78 is 4.94. The molecular weight excluding hydrogens is 272 g/mol. The third-order valence-corrected chi connectivity index (χ3v) is 3.99. The molecule has 0 amide bonds. The van der Waals surface area contributed by atoms with E-state index in [2.05, 4.69) is 4.90 Å². The zero-order chi connectivity index (χ0) is 14.7. The van der Waals surface area contributed by atoms with Gasteiger partial charge in [-0.2, -0.15) is 0 Å². The van der Waals surface area contributed by atoms with Crippen LogP contribution in [0, 0.1) is 6.92 Å². The number of ether oxygens (including phenoxy) is 1. The predicted octanol–water partition coefficient (Wildman–Crippen LogP) is 2.16. The van der Waals surface area contributed by atoms with Crippen LogP contribution in [-0.2, 0) is 9.53 Å². The number of para-hydroxylation sites is 1. The molecule has 1 aliphatic heterocycles. The Hall–Kier alpha value is -1.62. The minimum absolute atomic E-state index is 0.193. The van der Waals surface area contributed by atoms with Crippen molar-refractivity contribution < 1.29 is 9.53 Å². The molecule has 5 heteroatoms. The van der Waals surface area contributed by atoms with Gasteiger partial charge in [0.15, 0.2) is 0 Å². The Labute approximate surface area is 124 Å². The summed E-state index contributed by atoms with van der Waals surface area (Å²) in [6, 6.07) is 5.61. The lowest BCUT2D eigenvalue weighted by molar-refractivity contribution is -0.142. The van der Waals surface area contributed by atoms with Crippen LogP contribution in [0.25, 0.3) is 0 Å². The largest absolute Gasteiger partial charge is 0.467 e. The first-order valence-electron chi connectivity index (χ1n) is 6.80. The van der Waals surface area contributed by atoms with Crippen molar-refractivity contribution in [2.24, 2.45) is 5.73 Å². The molecule has 1 aromatic rings. The molecule has 0 aliphatic carbocycles. The first-order valence-corrected chi connectivity index (χ1v) is 7.21. The van der Waals surface area contributed by atoms with Gasteiger partial charge in [0.05, 0.1) is 12.8 Å². The molecule has 1 unspecified atom stereocenters. The van der Waals surface area contributed by atoms with Crippen LogP contribution in [0.4, 0.5) is 5.69 Å². The number of nitrogens with zero attached hydrogens (tertiary/aromatic N) is 1. The number of aryl methyl sites for hydroxylation is 1. The number of rotatable bonds is 3. The maximum Gasteiger partial charge on any atom is 0.328 e. The number of hydrogen-bond acceptors (Lipinski definition) is 4. The molecule has 1 aromatic carbocycles. The van der Waals surface area contributed by atoms with Gasteiger partial charge in [0.1, 0.15) is 11.0 Å². The molecule has 1 fully saturated rings. The van der Waals surface area contributed by atoms with Crippen molar-refractivity contribution in [1.29, 1.82) is 0 Å². The van der Waals surface area contributed by atoms with Crippen molar-refractivity contribution >= 4 is 28.9 Å². The summed E-state index contributed by atoms with van der Waals surface area (Å²) in [5.41, 5.74) is 8.71. The van der Waals surface area contributed by atoms with Crippen molar-refractivity contribution in [3.8, 4) is 0 Å². The van der Waals surface area contributed by atoms with E-state index >= 15 is 0 Å². The van der Waals surface area contributed by atoms with E-state index in [-0.39, 0.29) is 12.0 Å². The molecule has 1 atom stereocenters. The Kier molecular flexibility index (Phi) is 4.60. The molecule has 0 spiro atoms. The van der Waals surface area contributed by atoms with E-state index in [0.717, 1.165) is 42.6 Å². The van der Waals surface area contributed by atoms with E-state index in [4.69, 9.17) is 22.7 Å². The minimum atomic E-state index is -0.247. The van der Waals surface area contributed by atoms with E-state index < -0.39 is 0 Å². The van der Waals surface area contributed by atoms with Gasteiger partial charge in [-0.3, -0.25) is 0 Å². The zero-order valence-electron chi connectivity index (χ0n) is 11.9. The molecule has 1 aliphatic rings. The molecule has 2 rings (SSSR count). The number of nitrogens with two attached hydrogens (primary N) is 1. The Morgan fingerprint density at radius 2 is 2.20 bits per heavy atom. The predicted molar refractivity (Wildman–Crippen MR) is 84.1 cm³/mol. The van der Waals surface area contributed by atoms with Crippen molar-refractivity contribution in [3.05, 3.63) is 29.3 Å². The monoisotopic (exact) mass is 292 g/mol. The highest BCUT2D eigenvalue weighted by Gasteiger charge is 2.31. The van der Waals surface area contributed by atoms with Gasteiger partial charge in [-0.25, -0.2) is 4.79 Å². The van der Waals surface area contributed by atoms with Gasteiger partial charge >= 0.3 is 5.97 Å². The molecule has 20 heavy (non-hydrogen) atoms. The molecule has 1 saturated heterocycles. The second-order valence-electron chi connectivity index (χ2n) is 5.06. The highest BCUT2D eigenvalue weighted by molar-refractivity contribution is 7.80. The van der Waals surface area contributed by atoms with Crippen LogP contribution in [0.3, 0.4) is 0 Å². The van der Waals surface area contributed by atoms with Crippen molar-refractivity contribution in [2.45, 2.75) is 32.2 Å². The van der Waals surface area contributed by atoms with Gasteiger partial charge in [0.2, 0.25) is 0 Å². The Morgan fingerprint density at radius 3 is 2.85 bits per heavy atom. The molecule has 0 aromatic heterocycles. The average Bonchev–Trinajstić information content (AvgIpc) is 2.46. The van der Waals surface area contributed by atoms with Crippen molar-refractivity contribution in [2.75, 3.05) is 18.6 Å². The van der Waals surface area contributed by atoms with Crippen LogP contribution in [0.2, 0.25) is 0 Å². The second kappa shape index (κ2) is 6.22. The number of esters is 1. The average molecular weight is 292 g/mol. The van der Waals surface area contributed by atoms with Crippen LogP contribution >= 0.6 is 12.2 Å². The lowest BCUT2D eigenvalue weighted by Gasteiger charge is -2.37. The lowest BCUT2D eigenvalue weighted by atomic mass is 9.97. The smallest absolute Gasteiger partial charge is 0.328 e. The van der Waals surface area contributed by atoms with Crippen LogP contribution in [0.15, 0.2) is 18.2 Å². The minimum Gasteiger partial charge on any atom is -0.467 e. The number of methoxy groups -OCH3 is 1. The van der Waals surface area contributed by atoms with Crippen LogP contribution < -0.4 is 10.6 Å². The third kappa shape index (κ3) is 2.77. The second-order valence-corrected chi connectivity index (χ2v) is 5.50. The molecule has 108 valence electrons. The summed E-state index contributed by atoms with van der Waals surface area (Å²) in [5.74, 6) is -0.193. The Bertz CT molecular complexity index is 531. The zero-order valence-corrected chi connectivity index (χ0v) is 12.7. The van der Waals surface area contributed by atoms with Gasteiger partial charge in [-0.05, 0) is 37.8 Å². The van der Waals surface area contributed by atoms with Crippen LogP contribution in [0.5, 0.6) is 0 Å². The lowest BCUT2D eigenvalue weighted by Crippen LogP contribution is -2.46. The molecule has 4 nitrogen and oxygen atoms in total. The summed E-state index contributed by atoms with van der Waals surface area (Å²) in [5, 5.41) is 0. The van der Waals surface area contributed by atoms with Crippen molar-refractivity contribution in [3.63, 3.8) is 0 Å².